The summed E-state index contributed by atoms with van der Waals surface area (Å²) >= 11 is 0. The van der Waals surface area contributed by atoms with Crippen molar-refractivity contribution >= 4 is 28.7 Å². The number of aromatic nitrogens is 1. The highest BCUT2D eigenvalue weighted by Gasteiger charge is 2.33. The monoisotopic (exact) mass is 358 g/mol. The maximum Gasteiger partial charge on any atom is 0.321 e. The summed E-state index contributed by atoms with van der Waals surface area (Å²) in [5.41, 5.74) is 2.09. The van der Waals surface area contributed by atoms with Gasteiger partial charge in [0.25, 0.3) is 0 Å². The third-order valence-corrected chi connectivity index (χ3v) is 4.63. The minimum absolute atomic E-state index is 0.0367. The van der Waals surface area contributed by atoms with E-state index >= 15 is 0 Å². The minimum Gasteiger partial charge on any atom is -0.497 e. The van der Waals surface area contributed by atoms with Gasteiger partial charge in [-0.25, -0.2) is 4.79 Å². The predicted molar refractivity (Wildman–Crippen MR) is 95.8 cm³/mol. The zero-order valence-corrected chi connectivity index (χ0v) is 14.7. The van der Waals surface area contributed by atoms with Gasteiger partial charge in [0.1, 0.15) is 5.75 Å². The molecule has 26 heavy (non-hydrogen) atoms. The number of carbonyl (C=O) groups excluding carboxylic acids is 3. The molecule has 1 aliphatic heterocycles. The van der Waals surface area contributed by atoms with E-state index in [1.165, 1.54) is 0 Å². The number of nitrogens with one attached hydrogen (secondary N) is 4. The first-order chi connectivity index (χ1) is 12.5. The summed E-state index contributed by atoms with van der Waals surface area (Å²) in [6.07, 6.45) is 2.61. The van der Waals surface area contributed by atoms with Crippen molar-refractivity contribution in [3.63, 3.8) is 0 Å². The Balaban J connectivity index is 1.54. The summed E-state index contributed by atoms with van der Waals surface area (Å²) in [5.74, 6) is -0.419. The molecule has 8 nitrogen and oxygen atoms in total. The van der Waals surface area contributed by atoms with Crippen LogP contribution < -0.4 is 20.7 Å². The molecule has 1 aromatic heterocycles. The Morgan fingerprint density at radius 1 is 1.31 bits per heavy atom. The molecular formula is C18H22N4O4. The van der Waals surface area contributed by atoms with Gasteiger partial charge >= 0.3 is 6.03 Å². The largest absolute Gasteiger partial charge is 0.497 e. The number of urea groups is 1. The lowest BCUT2D eigenvalue weighted by Crippen LogP contribution is -2.57. The Bertz CT molecular complexity index is 845. The molecule has 8 heteroatoms. The first kappa shape index (κ1) is 17.8. The van der Waals surface area contributed by atoms with E-state index in [4.69, 9.17) is 4.74 Å². The Labute approximate surface area is 150 Å². The zero-order chi connectivity index (χ0) is 18.7. The number of rotatable bonds is 6. The van der Waals surface area contributed by atoms with Crippen molar-refractivity contribution < 1.29 is 19.1 Å². The Morgan fingerprint density at radius 3 is 2.85 bits per heavy atom. The van der Waals surface area contributed by atoms with Crippen LogP contribution in [0.25, 0.3) is 10.9 Å². The van der Waals surface area contributed by atoms with Gasteiger partial charge in [0.2, 0.25) is 11.8 Å². The summed E-state index contributed by atoms with van der Waals surface area (Å²) < 4.78 is 5.25. The molecule has 1 aromatic carbocycles. The molecule has 0 radical (unpaired) electrons. The lowest BCUT2D eigenvalue weighted by atomic mass is 9.94. The quantitative estimate of drug-likeness (QED) is 0.619. The molecule has 0 bridgehead atoms. The first-order valence-corrected chi connectivity index (χ1v) is 8.50. The third-order valence-electron chi connectivity index (χ3n) is 4.63. The average Bonchev–Trinajstić information content (AvgIpc) is 3.00. The highest BCUT2D eigenvalue weighted by atomic mass is 16.5. The number of amides is 4. The van der Waals surface area contributed by atoms with E-state index in [0.717, 1.165) is 22.2 Å². The van der Waals surface area contributed by atoms with Crippen LogP contribution >= 0.6 is 0 Å². The lowest BCUT2D eigenvalue weighted by molar-refractivity contribution is -0.131. The topological polar surface area (TPSA) is 112 Å². The molecule has 0 spiro atoms. The van der Waals surface area contributed by atoms with Crippen LogP contribution in [0.1, 0.15) is 18.9 Å². The number of benzene rings is 1. The van der Waals surface area contributed by atoms with Crippen LogP contribution in [0, 0.1) is 5.92 Å². The molecule has 0 aliphatic carbocycles. The summed E-state index contributed by atoms with van der Waals surface area (Å²) in [5, 5.41) is 8.69. The smallest absolute Gasteiger partial charge is 0.321 e. The number of H-pyrrole nitrogens is 1. The fourth-order valence-corrected chi connectivity index (χ4v) is 3.14. The molecule has 4 amide bonds. The molecule has 138 valence electrons. The number of fused-ring (bicyclic) bond motifs is 1. The highest BCUT2D eigenvalue weighted by molar-refractivity contribution is 6.00. The predicted octanol–water partition coefficient (Wildman–Crippen LogP) is 1.07. The second-order valence-corrected chi connectivity index (χ2v) is 6.39. The van der Waals surface area contributed by atoms with Crippen molar-refractivity contribution in [2.75, 3.05) is 13.7 Å². The van der Waals surface area contributed by atoms with Crippen LogP contribution in [0.15, 0.2) is 24.4 Å². The van der Waals surface area contributed by atoms with E-state index in [9.17, 15) is 14.4 Å². The van der Waals surface area contributed by atoms with Crippen LogP contribution in [0.4, 0.5) is 4.79 Å². The van der Waals surface area contributed by atoms with Crippen molar-refractivity contribution in [3.05, 3.63) is 30.0 Å². The van der Waals surface area contributed by atoms with Gasteiger partial charge in [-0.15, -0.1) is 0 Å². The standard InChI is InChI=1S/C18H22N4O4/c1-10-13(17(24)22-18(25)21-10)8-16(23)19-6-5-11-9-20-15-4-3-12(26-2)7-14(11)15/h3-4,7,9-10,13,20H,5-6,8H2,1-2H3,(H,19,23)(H2,21,22,24,25). The summed E-state index contributed by atoms with van der Waals surface area (Å²) in [7, 11) is 1.62. The number of imide groups is 1. The van der Waals surface area contributed by atoms with Crippen LogP contribution in [-0.4, -0.2) is 42.5 Å². The maximum absolute atomic E-state index is 12.1. The van der Waals surface area contributed by atoms with Gasteiger partial charge in [-0.2, -0.15) is 0 Å². The van der Waals surface area contributed by atoms with Gasteiger partial charge in [-0.3, -0.25) is 14.9 Å². The van der Waals surface area contributed by atoms with Gasteiger partial charge in [-0.05, 0) is 37.1 Å². The molecular weight excluding hydrogens is 336 g/mol. The third kappa shape index (κ3) is 3.79. The molecule has 2 atom stereocenters. The fourth-order valence-electron chi connectivity index (χ4n) is 3.14. The zero-order valence-electron chi connectivity index (χ0n) is 14.7. The number of hydrogen-bond acceptors (Lipinski definition) is 4. The second-order valence-electron chi connectivity index (χ2n) is 6.39. The Kier molecular flexibility index (Phi) is 5.11. The van der Waals surface area contributed by atoms with Gasteiger partial charge < -0.3 is 20.4 Å². The van der Waals surface area contributed by atoms with Crippen molar-refractivity contribution in [1.82, 2.24) is 20.9 Å². The van der Waals surface area contributed by atoms with Crippen LogP contribution in [0.3, 0.4) is 0 Å². The normalized spacial score (nSPS) is 19.8. The number of methoxy groups -OCH3 is 1. The number of carbonyl (C=O) groups is 3. The fraction of sp³-hybridized carbons (Fsp3) is 0.389. The van der Waals surface area contributed by atoms with E-state index < -0.39 is 17.9 Å². The van der Waals surface area contributed by atoms with E-state index in [-0.39, 0.29) is 18.4 Å². The van der Waals surface area contributed by atoms with Crippen molar-refractivity contribution in [1.29, 1.82) is 0 Å². The molecule has 1 aliphatic rings. The lowest BCUT2D eigenvalue weighted by Gasteiger charge is -2.28. The molecule has 2 heterocycles. The molecule has 0 saturated carbocycles. The minimum atomic E-state index is -0.565. The van der Waals surface area contributed by atoms with Gasteiger partial charge in [0.05, 0.1) is 13.0 Å². The van der Waals surface area contributed by atoms with Gasteiger partial charge in [0, 0.05) is 36.1 Å². The summed E-state index contributed by atoms with van der Waals surface area (Å²) in [6.45, 7) is 2.17. The van der Waals surface area contributed by atoms with E-state index in [2.05, 4.69) is 20.9 Å². The summed E-state index contributed by atoms with van der Waals surface area (Å²) in [4.78, 5) is 38.4. The molecule has 1 saturated heterocycles. The van der Waals surface area contributed by atoms with Crippen molar-refractivity contribution in [2.24, 2.45) is 5.92 Å². The van der Waals surface area contributed by atoms with Crippen LogP contribution in [-0.2, 0) is 16.0 Å². The van der Waals surface area contributed by atoms with E-state index in [1.807, 2.05) is 24.4 Å². The molecule has 4 N–H and O–H groups in total. The molecule has 2 unspecified atom stereocenters. The molecule has 1 fully saturated rings. The molecule has 2 aromatic rings. The van der Waals surface area contributed by atoms with Crippen LogP contribution in [0.2, 0.25) is 0 Å². The number of hydrogen-bond donors (Lipinski definition) is 4. The van der Waals surface area contributed by atoms with Gasteiger partial charge in [-0.1, -0.05) is 0 Å². The maximum atomic E-state index is 12.1. The average molecular weight is 358 g/mol. The van der Waals surface area contributed by atoms with Crippen molar-refractivity contribution in [2.45, 2.75) is 25.8 Å². The molecule has 3 rings (SSSR count). The van der Waals surface area contributed by atoms with Gasteiger partial charge in [0.15, 0.2) is 0 Å². The van der Waals surface area contributed by atoms with E-state index in [1.54, 1.807) is 14.0 Å². The Morgan fingerprint density at radius 2 is 2.12 bits per heavy atom. The summed E-state index contributed by atoms with van der Waals surface area (Å²) in [6, 6.07) is 4.91. The second kappa shape index (κ2) is 7.47. The first-order valence-electron chi connectivity index (χ1n) is 8.50. The van der Waals surface area contributed by atoms with Crippen LogP contribution in [0.5, 0.6) is 5.75 Å². The highest BCUT2D eigenvalue weighted by Crippen LogP contribution is 2.23. The number of aromatic amines is 1. The van der Waals surface area contributed by atoms with E-state index in [0.29, 0.717) is 13.0 Å². The van der Waals surface area contributed by atoms with Crippen molar-refractivity contribution in [3.8, 4) is 5.75 Å². The Hall–Kier alpha value is -3.03. The SMILES string of the molecule is COc1ccc2[nH]cc(CCNC(=O)CC3C(=O)NC(=O)NC3C)c2c1. The number of ether oxygens (including phenoxy) is 1.